The van der Waals surface area contributed by atoms with Crippen LogP contribution in [0.1, 0.15) is 36.2 Å². The average Bonchev–Trinajstić information content (AvgIpc) is 3.05. The van der Waals surface area contributed by atoms with Crippen molar-refractivity contribution in [1.82, 2.24) is 0 Å². The van der Waals surface area contributed by atoms with Crippen molar-refractivity contribution in [3.05, 3.63) is 41.5 Å². The summed E-state index contributed by atoms with van der Waals surface area (Å²) in [4.78, 5) is 23.4. The second kappa shape index (κ2) is 8.74. The minimum Gasteiger partial charge on any atom is -0.383 e. The summed E-state index contributed by atoms with van der Waals surface area (Å²) in [5, 5.41) is 12.0. The zero-order valence-corrected chi connectivity index (χ0v) is 17.5. The van der Waals surface area contributed by atoms with E-state index in [-0.39, 0.29) is 22.9 Å². The van der Waals surface area contributed by atoms with Gasteiger partial charge in [-0.15, -0.1) is 11.3 Å². The lowest BCUT2D eigenvalue weighted by molar-refractivity contribution is -0.137. The maximum atomic E-state index is 12.8. The number of aliphatic hydroxyl groups is 1. The Labute approximate surface area is 174 Å². The van der Waals surface area contributed by atoms with E-state index < -0.39 is 48.6 Å². The van der Waals surface area contributed by atoms with E-state index in [1.54, 1.807) is 13.8 Å². The predicted octanol–water partition coefficient (Wildman–Crippen LogP) is 3.04. The van der Waals surface area contributed by atoms with Crippen molar-refractivity contribution in [1.29, 1.82) is 0 Å². The Balaban J connectivity index is 2.39. The van der Waals surface area contributed by atoms with E-state index in [0.717, 1.165) is 18.2 Å². The number of hydrogen-bond donors (Lipinski definition) is 3. The number of aliphatic hydroxyl groups excluding tert-OH is 1. The number of sulfone groups is 1. The fourth-order valence-electron chi connectivity index (χ4n) is 2.46. The summed E-state index contributed by atoms with van der Waals surface area (Å²) in [6.45, 7) is 3.57. The van der Waals surface area contributed by atoms with Crippen LogP contribution in [0.5, 0.6) is 0 Å². The Morgan fingerprint density at radius 1 is 1.20 bits per heavy atom. The van der Waals surface area contributed by atoms with E-state index in [1.165, 1.54) is 0 Å². The highest BCUT2D eigenvalue weighted by molar-refractivity contribution is 7.93. The molecular formula is C18H19F3N2O5S2. The lowest BCUT2D eigenvalue weighted by Gasteiger charge is -2.12. The highest BCUT2D eigenvalue weighted by Gasteiger charge is 2.31. The van der Waals surface area contributed by atoms with Crippen molar-refractivity contribution in [3.8, 4) is 0 Å². The third kappa shape index (κ3) is 5.37. The minimum absolute atomic E-state index is 0.000283. The molecule has 1 atom stereocenters. The summed E-state index contributed by atoms with van der Waals surface area (Å²) in [5.74, 6) is -1.86. The monoisotopic (exact) mass is 464 g/mol. The van der Waals surface area contributed by atoms with Gasteiger partial charge in [-0.2, -0.15) is 13.2 Å². The van der Waals surface area contributed by atoms with Crippen LogP contribution in [0.3, 0.4) is 0 Å². The van der Waals surface area contributed by atoms with Crippen LogP contribution >= 0.6 is 11.3 Å². The third-order valence-corrected chi connectivity index (χ3v) is 7.26. The van der Waals surface area contributed by atoms with Crippen LogP contribution < -0.4 is 11.1 Å². The maximum absolute atomic E-state index is 12.8. The summed E-state index contributed by atoms with van der Waals surface area (Å²) in [7, 11) is -4.28. The summed E-state index contributed by atoms with van der Waals surface area (Å²) >= 11 is 0.510. The van der Waals surface area contributed by atoms with Crippen molar-refractivity contribution in [2.24, 2.45) is 11.7 Å². The Morgan fingerprint density at radius 3 is 2.23 bits per heavy atom. The van der Waals surface area contributed by atoms with Gasteiger partial charge in [0.05, 0.1) is 16.0 Å². The molecule has 0 radical (unpaired) electrons. The van der Waals surface area contributed by atoms with Crippen LogP contribution in [-0.4, -0.2) is 31.4 Å². The molecule has 1 unspecified atom stereocenters. The summed E-state index contributed by atoms with van der Waals surface area (Å²) in [6, 6.07) is 3.78. The fraction of sp³-hybridized carbons (Fsp3) is 0.333. The molecule has 30 heavy (non-hydrogen) atoms. The van der Waals surface area contributed by atoms with Crippen molar-refractivity contribution in [2.45, 2.75) is 41.7 Å². The van der Waals surface area contributed by atoms with Gasteiger partial charge in [-0.3, -0.25) is 9.59 Å². The smallest absolute Gasteiger partial charge is 0.383 e. The molecule has 7 nitrogen and oxygen atoms in total. The van der Waals surface area contributed by atoms with Gasteiger partial charge >= 0.3 is 6.18 Å². The van der Waals surface area contributed by atoms with Gasteiger partial charge in [0.1, 0.15) is 15.3 Å². The highest BCUT2D eigenvalue weighted by atomic mass is 32.2. The standard InChI is InChI=1S/C18H19F3N2O5S2/c1-9(2)7-13(24)16(26)23-17-12(15(22)25)8-14(29-17)30(27,28)11-5-3-10(4-6-11)18(19,20)21/h3-6,8-9,13,24H,7H2,1-2H3,(H2,22,25)(H,23,26). The first-order valence-corrected chi connectivity index (χ1v) is 10.9. The average molecular weight is 464 g/mol. The first-order valence-electron chi connectivity index (χ1n) is 8.58. The molecule has 1 aromatic heterocycles. The molecule has 0 saturated carbocycles. The van der Waals surface area contributed by atoms with Crippen LogP contribution in [0, 0.1) is 5.92 Å². The molecule has 0 fully saturated rings. The topological polar surface area (TPSA) is 127 Å². The van der Waals surface area contributed by atoms with Crippen LogP contribution in [-0.2, 0) is 20.8 Å². The second-order valence-electron chi connectivity index (χ2n) is 6.83. The largest absolute Gasteiger partial charge is 0.416 e. The van der Waals surface area contributed by atoms with Crippen molar-refractivity contribution < 1.29 is 36.3 Å². The molecule has 2 rings (SSSR count). The number of nitrogens with two attached hydrogens (primary N) is 1. The molecule has 0 bridgehead atoms. The molecule has 0 aliphatic heterocycles. The summed E-state index contributed by atoms with van der Waals surface area (Å²) in [6.07, 6.45) is -5.87. The lowest BCUT2D eigenvalue weighted by atomic mass is 10.1. The van der Waals surface area contributed by atoms with E-state index in [4.69, 9.17) is 5.73 Å². The number of thiophene rings is 1. The Bertz CT molecular complexity index is 1040. The number of benzene rings is 1. The fourth-order valence-corrected chi connectivity index (χ4v) is 5.24. The van der Waals surface area contributed by atoms with Crippen LogP contribution in [0.4, 0.5) is 18.2 Å². The molecule has 1 heterocycles. The zero-order chi connectivity index (χ0) is 22.9. The van der Waals surface area contributed by atoms with Gasteiger partial charge in [-0.05, 0) is 42.7 Å². The maximum Gasteiger partial charge on any atom is 0.416 e. The number of alkyl halides is 3. The number of hydrogen-bond acceptors (Lipinski definition) is 6. The Hall–Kier alpha value is -2.44. The minimum atomic E-state index is -4.63. The number of carbonyl (C=O) groups is 2. The van der Waals surface area contributed by atoms with Crippen LogP contribution in [0.25, 0.3) is 0 Å². The molecule has 4 N–H and O–H groups in total. The van der Waals surface area contributed by atoms with E-state index in [2.05, 4.69) is 5.32 Å². The van der Waals surface area contributed by atoms with Gasteiger partial charge in [0.2, 0.25) is 9.84 Å². The number of primary amides is 1. The highest BCUT2D eigenvalue weighted by Crippen LogP contribution is 2.36. The first kappa shape index (κ1) is 23.8. The number of carbonyl (C=O) groups excluding carboxylic acids is 2. The quantitative estimate of drug-likeness (QED) is 0.581. The lowest BCUT2D eigenvalue weighted by Crippen LogP contribution is -2.29. The van der Waals surface area contributed by atoms with E-state index in [9.17, 15) is 36.3 Å². The van der Waals surface area contributed by atoms with Gasteiger partial charge in [0.15, 0.2) is 0 Å². The molecule has 164 valence electrons. The summed E-state index contributed by atoms with van der Waals surface area (Å²) in [5.41, 5.74) is 3.93. The number of anilines is 1. The molecular weight excluding hydrogens is 445 g/mol. The van der Waals surface area contributed by atoms with Crippen molar-refractivity contribution in [3.63, 3.8) is 0 Å². The van der Waals surface area contributed by atoms with Gasteiger partial charge < -0.3 is 16.2 Å². The number of rotatable bonds is 7. The van der Waals surface area contributed by atoms with Crippen LogP contribution in [0.15, 0.2) is 39.4 Å². The van der Waals surface area contributed by atoms with E-state index in [1.807, 2.05) is 0 Å². The van der Waals surface area contributed by atoms with Gasteiger partial charge in [-0.1, -0.05) is 13.8 Å². The van der Waals surface area contributed by atoms with Gasteiger partial charge in [0, 0.05) is 0 Å². The molecule has 2 aromatic rings. The third-order valence-electron chi connectivity index (χ3n) is 3.97. The van der Waals surface area contributed by atoms with Crippen LogP contribution in [0.2, 0.25) is 0 Å². The Kier molecular flexibility index (Phi) is 6.94. The number of amides is 2. The molecule has 0 spiro atoms. The Morgan fingerprint density at radius 2 is 1.77 bits per heavy atom. The number of halogens is 3. The van der Waals surface area contributed by atoms with E-state index in [0.29, 0.717) is 23.5 Å². The normalized spacial score (nSPS) is 13.3. The van der Waals surface area contributed by atoms with Crippen molar-refractivity contribution in [2.75, 3.05) is 5.32 Å². The zero-order valence-electron chi connectivity index (χ0n) is 15.9. The molecule has 1 aromatic carbocycles. The van der Waals surface area contributed by atoms with Gasteiger partial charge in [-0.25, -0.2) is 8.42 Å². The number of nitrogens with one attached hydrogen (secondary N) is 1. The van der Waals surface area contributed by atoms with Crippen molar-refractivity contribution >= 4 is 38.0 Å². The molecule has 12 heteroatoms. The predicted molar refractivity (Wildman–Crippen MR) is 104 cm³/mol. The second-order valence-corrected chi connectivity index (χ2v) is 10.1. The van der Waals surface area contributed by atoms with E-state index >= 15 is 0 Å². The molecule has 0 aliphatic rings. The summed E-state index contributed by atoms with van der Waals surface area (Å²) < 4.78 is 63.2. The molecule has 0 aliphatic carbocycles. The first-order chi connectivity index (χ1) is 13.7. The molecule has 0 saturated heterocycles. The molecule has 2 amide bonds. The van der Waals surface area contributed by atoms with Gasteiger partial charge in [0.25, 0.3) is 11.8 Å². The SMILES string of the molecule is CC(C)CC(O)C(=O)Nc1sc(S(=O)(=O)c2ccc(C(F)(F)F)cc2)cc1C(N)=O.